The van der Waals surface area contributed by atoms with Crippen LogP contribution in [0.2, 0.25) is 0 Å². The highest BCUT2D eigenvalue weighted by Crippen LogP contribution is 2.29. The zero-order valence-electron chi connectivity index (χ0n) is 12.1. The highest BCUT2D eigenvalue weighted by atomic mass is 127. The molecule has 0 bridgehead atoms. The number of anilines is 1. The summed E-state index contributed by atoms with van der Waals surface area (Å²) in [6.07, 6.45) is 1.10. The van der Waals surface area contributed by atoms with Gasteiger partial charge in [0.05, 0.1) is 6.54 Å². The normalized spacial score (nSPS) is 17.4. The molecule has 1 atom stereocenters. The topological polar surface area (TPSA) is 20.3 Å². The van der Waals surface area contributed by atoms with Gasteiger partial charge in [0.25, 0.3) is 0 Å². The van der Waals surface area contributed by atoms with E-state index in [4.69, 9.17) is 0 Å². The third-order valence-electron chi connectivity index (χ3n) is 3.93. The Kier molecular flexibility index (Phi) is 4.29. The van der Waals surface area contributed by atoms with E-state index < -0.39 is 0 Å². The van der Waals surface area contributed by atoms with Gasteiger partial charge in [0, 0.05) is 21.4 Å². The zero-order valence-corrected chi connectivity index (χ0v) is 14.2. The number of ketones is 1. The number of para-hydroxylation sites is 1. The maximum Gasteiger partial charge on any atom is 0.182 e. The zero-order chi connectivity index (χ0) is 14.8. The second kappa shape index (κ2) is 6.18. The van der Waals surface area contributed by atoms with Gasteiger partial charge >= 0.3 is 0 Å². The van der Waals surface area contributed by atoms with E-state index in [1.807, 2.05) is 24.3 Å². The number of carbonyl (C=O) groups excluding carboxylic acids is 1. The van der Waals surface area contributed by atoms with Crippen molar-refractivity contribution >= 4 is 34.1 Å². The molecular formula is C18H18INO. The van der Waals surface area contributed by atoms with E-state index in [-0.39, 0.29) is 5.78 Å². The minimum Gasteiger partial charge on any atom is -0.363 e. The van der Waals surface area contributed by atoms with Crippen LogP contribution in [0.15, 0.2) is 48.5 Å². The van der Waals surface area contributed by atoms with Crippen molar-refractivity contribution in [2.75, 3.05) is 18.0 Å². The summed E-state index contributed by atoms with van der Waals surface area (Å²) >= 11 is 2.26. The van der Waals surface area contributed by atoms with Crippen molar-refractivity contribution in [2.24, 2.45) is 5.92 Å². The first-order chi connectivity index (χ1) is 10.1. The molecule has 0 radical (unpaired) electrons. The number of benzene rings is 2. The minimum atomic E-state index is 0.190. The van der Waals surface area contributed by atoms with E-state index in [1.165, 1.54) is 11.3 Å². The summed E-state index contributed by atoms with van der Waals surface area (Å²) in [5.74, 6) is 0.778. The fraction of sp³-hybridized carbons (Fsp3) is 0.278. The van der Waals surface area contributed by atoms with Gasteiger partial charge in [-0.05, 0) is 58.7 Å². The Hall–Kier alpha value is -1.36. The molecule has 2 nitrogen and oxygen atoms in total. The Morgan fingerprint density at radius 1 is 1.19 bits per heavy atom. The number of hydrogen-bond acceptors (Lipinski definition) is 2. The summed E-state index contributed by atoms with van der Waals surface area (Å²) in [5.41, 5.74) is 3.37. The molecule has 0 N–H and O–H groups in total. The van der Waals surface area contributed by atoms with Crippen LogP contribution in [0.4, 0.5) is 5.69 Å². The van der Waals surface area contributed by atoms with Gasteiger partial charge in [0.15, 0.2) is 5.78 Å². The van der Waals surface area contributed by atoms with E-state index in [2.05, 4.69) is 58.7 Å². The number of rotatable bonds is 3. The van der Waals surface area contributed by atoms with Gasteiger partial charge in [-0.2, -0.15) is 0 Å². The SMILES string of the molecule is CC1Cc2ccccc2N(CC(=O)c2ccc(I)cc2)C1. The van der Waals surface area contributed by atoms with Crippen molar-refractivity contribution in [3.8, 4) is 0 Å². The summed E-state index contributed by atoms with van der Waals surface area (Å²) in [4.78, 5) is 14.7. The van der Waals surface area contributed by atoms with Gasteiger partial charge in [-0.1, -0.05) is 37.3 Å². The smallest absolute Gasteiger partial charge is 0.182 e. The lowest BCUT2D eigenvalue weighted by atomic mass is 9.93. The number of fused-ring (bicyclic) bond motifs is 1. The first-order valence-electron chi connectivity index (χ1n) is 7.25. The minimum absolute atomic E-state index is 0.190. The Labute approximate surface area is 139 Å². The lowest BCUT2D eigenvalue weighted by molar-refractivity contribution is 0.0998. The van der Waals surface area contributed by atoms with Gasteiger partial charge in [-0.3, -0.25) is 4.79 Å². The maximum absolute atomic E-state index is 12.5. The van der Waals surface area contributed by atoms with Gasteiger partial charge in [0.1, 0.15) is 0 Å². The molecule has 1 heterocycles. The number of hydrogen-bond donors (Lipinski definition) is 0. The Balaban J connectivity index is 1.81. The van der Waals surface area contributed by atoms with Gasteiger partial charge in [-0.15, -0.1) is 0 Å². The molecule has 2 aromatic rings. The Morgan fingerprint density at radius 2 is 1.90 bits per heavy atom. The van der Waals surface area contributed by atoms with E-state index in [1.54, 1.807) is 0 Å². The average Bonchev–Trinajstić information content (AvgIpc) is 2.47. The molecule has 0 saturated heterocycles. The van der Waals surface area contributed by atoms with Crippen LogP contribution in [0.25, 0.3) is 0 Å². The summed E-state index contributed by atoms with van der Waals surface area (Å²) in [5, 5.41) is 0. The second-order valence-electron chi connectivity index (χ2n) is 5.75. The molecule has 1 aliphatic rings. The van der Waals surface area contributed by atoms with Crippen LogP contribution in [-0.4, -0.2) is 18.9 Å². The first-order valence-corrected chi connectivity index (χ1v) is 8.33. The fourth-order valence-corrected chi connectivity index (χ4v) is 3.32. The summed E-state index contributed by atoms with van der Waals surface area (Å²) in [7, 11) is 0. The van der Waals surface area contributed by atoms with Crippen molar-refractivity contribution < 1.29 is 4.79 Å². The van der Waals surface area contributed by atoms with Crippen LogP contribution in [-0.2, 0) is 6.42 Å². The van der Waals surface area contributed by atoms with E-state index in [9.17, 15) is 4.79 Å². The highest BCUT2D eigenvalue weighted by molar-refractivity contribution is 14.1. The molecule has 21 heavy (non-hydrogen) atoms. The van der Waals surface area contributed by atoms with Gasteiger partial charge < -0.3 is 4.90 Å². The molecule has 0 saturated carbocycles. The molecule has 0 fully saturated rings. The van der Waals surface area contributed by atoms with Gasteiger partial charge in [-0.25, -0.2) is 0 Å². The maximum atomic E-state index is 12.5. The first kappa shape index (κ1) is 14.6. The van der Waals surface area contributed by atoms with Crippen LogP contribution in [0.3, 0.4) is 0 Å². The standard InChI is InChI=1S/C18H18INO/c1-13-10-15-4-2-3-5-17(15)20(11-13)12-18(21)14-6-8-16(19)9-7-14/h2-9,13H,10-12H2,1H3. The fourth-order valence-electron chi connectivity index (χ4n) is 2.96. The van der Waals surface area contributed by atoms with Crippen LogP contribution in [0, 0.1) is 9.49 Å². The predicted octanol–water partition coefficient (Wildman–Crippen LogP) is 4.17. The number of halogens is 1. The molecule has 0 spiro atoms. The molecular weight excluding hydrogens is 373 g/mol. The monoisotopic (exact) mass is 391 g/mol. The third-order valence-corrected chi connectivity index (χ3v) is 4.65. The molecule has 3 rings (SSSR count). The molecule has 0 aliphatic carbocycles. The molecule has 108 valence electrons. The lowest BCUT2D eigenvalue weighted by Gasteiger charge is -2.34. The number of Topliss-reactive ketones (excluding diaryl/α,β-unsaturated/α-hetero) is 1. The molecule has 0 aromatic heterocycles. The van der Waals surface area contributed by atoms with Crippen molar-refractivity contribution in [1.82, 2.24) is 0 Å². The summed E-state index contributed by atoms with van der Waals surface area (Å²) < 4.78 is 1.15. The van der Waals surface area contributed by atoms with Crippen molar-refractivity contribution in [3.63, 3.8) is 0 Å². The molecule has 2 aromatic carbocycles. The number of carbonyl (C=O) groups is 1. The van der Waals surface area contributed by atoms with Crippen LogP contribution >= 0.6 is 22.6 Å². The van der Waals surface area contributed by atoms with Crippen molar-refractivity contribution in [2.45, 2.75) is 13.3 Å². The van der Waals surface area contributed by atoms with Crippen LogP contribution in [0.1, 0.15) is 22.8 Å². The van der Waals surface area contributed by atoms with Crippen molar-refractivity contribution in [3.05, 3.63) is 63.2 Å². The van der Waals surface area contributed by atoms with Crippen LogP contribution < -0.4 is 4.90 Å². The predicted molar refractivity (Wildman–Crippen MR) is 95.0 cm³/mol. The van der Waals surface area contributed by atoms with E-state index >= 15 is 0 Å². The Bertz CT molecular complexity index is 651. The molecule has 1 aliphatic heterocycles. The lowest BCUT2D eigenvalue weighted by Crippen LogP contribution is -2.38. The molecule has 0 amide bonds. The number of nitrogens with zero attached hydrogens (tertiary/aromatic N) is 1. The van der Waals surface area contributed by atoms with Gasteiger partial charge in [0.2, 0.25) is 0 Å². The largest absolute Gasteiger partial charge is 0.363 e. The van der Waals surface area contributed by atoms with Crippen LogP contribution in [0.5, 0.6) is 0 Å². The van der Waals surface area contributed by atoms with E-state index in [0.29, 0.717) is 12.5 Å². The average molecular weight is 391 g/mol. The summed E-state index contributed by atoms with van der Waals surface area (Å²) in [6, 6.07) is 16.2. The van der Waals surface area contributed by atoms with Crippen molar-refractivity contribution in [1.29, 1.82) is 0 Å². The highest BCUT2D eigenvalue weighted by Gasteiger charge is 2.23. The summed E-state index contributed by atoms with van der Waals surface area (Å²) in [6.45, 7) is 3.66. The Morgan fingerprint density at radius 3 is 2.67 bits per heavy atom. The third kappa shape index (κ3) is 3.28. The molecule has 1 unspecified atom stereocenters. The molecule has 3 heteroatoms. The van der Waals surface area contributed by atoms with E-state index in [0.717, 1.165) is 22.1 Å². The second-order valence-corrected chi connectivity index (χ2v) is 6.99. The quantitative estimate of drug-likeness (QED) is 0.578.